The number of benzene rings is 3. The zero-order chi connectivity index (χ0) is 24.5. The van der Waals surface area contributed by atoms with Crippen LogP contribution in [-0.2, 0) is 17.8 Å². The molecule has 0 heterocycles. The van der Waals surface area contributed by atoms with Crippen LogP contribution in [0.15, 0.2) is 72.8 Å². The Morgan fingerprint density at radius 2 is 1.35 bits per heavy atom. The molecule has 0 N–H and O–H groups in total. The highest BCUT2D eigenvalue weighted by atomic mass is 35.5. The number of nitrogens with zero attached hydrogens (tertiary/aromatic N) is 1. The molecule has 0 bridgehead atoms. The fourth-order valence-corrected chi connectivity index (χ4v) is 5.01. The summed E-state index contributed by atoms with van der Waals surface area (Å²) in [5.74, 6) is -0.0393. The van der Waals surface area contributed by atoms with Crippen LogP contribution in [0.25, 0.3) is 0 Å². The average Bonchev–Trinajstić information content (AvgIpc) is 2.78. The van der Waals surface area contributed by atoms with E-state index in [0.29, 0.717) is 17.4 Å². The maximum atomic E-state index is 12.7. The van der Waals surface area contributed by atoms with E-state index in [2.05, 4.69) is 67.3 Å². The summed E-state index contributed by atoms with van der Waals surface area (Å²) in [6.45, 7) is 6.34. The van der Waals surface area contributed by atoms with Gasteiger partial charge in [-0.05, 0) is 42.0 Å². The number of hydrogen-bond donors (Lipinski definition) is 0. The highest BCUT2D eigenvalue weighted by Gasteiger charge is 2.23. The lowest BCUT2D eigenvalue weighted by molar-refractivity contribution is 0.0436. The van der Waals surface area contributed by atoms with Crippen molar-refractivity contribution >= 4 is 40.8 Å². The van der Waals surface area contributed by atoms with Gasteiger partial charge in [-0.25, -0.2) is 4.79 Å². The third-order valence-electron chi connectivity index (χ3n) is 5.61. The molecule has 3 aromatic carbocycles. The minimum atomic E-state index is -0.535. The highest BCUT2D eigenvalue weighted by Crippen LogP contribution is 2.30. The van der Waals surface area contributed by atoms with Crippen molar-refractivity contribution in [2.75, 3.05) is 6.61 Å². The summed E-state index contributed by atoms with van der Waals surface area (Å²) in [5.41, 5.74) is 2.66. The molecule has 0 aliphatic carbocycles. The number of esters is 1. The number of carbonyl (C=O) groups is 1. The van der Waals surface area contributed by atoms with Crippen LogP contribution in [0.3, 0.4) is 0 Å². The van der Waals surface area contributed by atoms with E-state index in [1.165, 1.54) is 23.3 Å². The van der Waals surface area contributed by atoms with E-state index in [0.717, 1.165) is 19.5 Å². The summed E-state index contributed by atoms with van der Waals surface area (Å²) in [6.07, 6.45) is 1.69. The summed E-state index contributed by atoms with van der Waals surface area (Å²) in [6, 6.07) is 24.1. The number of ether oxygens (including phenoxy) is 1. The van der Waals surface area contributed by atoms with Crippen LogP contribution in [0.4, 0.5) is 0 Å². The van der Waals surface area contributed by atoms with E-state index in [4.69, 9.17) is 39.5 Å². The number of carbonyl (C=O) groups excluding carboxylic acids is 1. The van der Waals surface area contributed by atoms with Gasteiger partial charge < -0.3 is 4.74 Å². The smallest absolute Gasteiger partial charge is 0.341 e. The fraction of sp³-hybridized carbons (Fsp3) is 0.321. The van der Waals surface area contributed by atoms with Gasteiger partial charge in [-0.15, -0.1) is 0 Å². The predicted molar refractivity (Wildman–Crippen MR) is 142 cm³/mol. The molecule has 0 amide bonds. The molecule has 0 spiro atoms. The summed E-state index contributed by atoms with van der Waals surface area (Å²) >= 11 is 18.3. The van der Waals surface area contributed by atoms with E-state index in [9.17, 15) is 4.79 Å². The van der Waals surface area contributed by atoms with Crippen LogP contribution in [0, 0.1) is 5.92 Å². The largest absolute Gasteiger partial charge is 0.462 e. The van der Waals surface area contributed by atoms with Crippen LogP contribution in [0.5, 0.6) is 0 Å². The van der Waals surface area contributed by atoms with E-state index < -0.39 is 5.97 Å². The Kier molecular flexibility index (Phi) is 10.3. The van der Waals surface area contributed by atoms with Crippen molar-refractivity contribution in [3.63, 3.8) is 0 Å². The number of halogens is 3. The van der Waals surface area contributed by atoms with Crippen LogP contribution in [-0.4, -0.2) is 23.5 Å². The molecule has 3 aromatic rings. The number of rotatable bonds is 11. The molecule has 6 heteroatoms. The minimum Gasteiger partial charge on any atom is -0.462 e. The molecule has 1 atom stereocenters. The van der Waals surface area contributed by atoms with Crippen molar-refractivity contribution in [3.05, 3.63) is 105 Å². The Morgan fingerprint density at radius 3 is 1.82 bits per heavy atom. The van der Waals surface area contributed by atoms with Crippen LogP contribution < -0.4 is 0 Å². The standard InChI is InChI=1S/C28H30Cl3NO2/c1-20(2)15-24(13-14-34-28(33)27-25(30)16-23(29)17-26(27)31)32(18-21-9-5-3-6-10-21)19-22-11-7-4-8-12-22/h3-12,16-17,20,24H,13-15,18-19H2,1-2H3/t24-/m0/s1. The molecular formula is C28H30Cl3NO2. The third-order valence-corrected chi connectivity index (χ3v) is 6.43. The second-order valence-corrected chi connectivity index (χ2v) is 10.1. The maximum absolute atomic E-state index is 12.7. The van der Waals surface area contributed by atoms with Crippen LogP contribution in [0.2, 0.25) is 15.1 Å². The van der Waals surface area contributed by atoms with Gasteiger partial charge in [0.05, 0.1) is 22.2 Å². The fourth-order valence-electron chi connectivity index (χ4n) is 4.04. The highest BCUT2D eigenvalue weighted by molar-refractivity contribution is 6.41. The van der Waals surface area contributed by atoms with Gasteiger partial charge in [-0.3, -0.25) is 4.90 Å². The molecule has 0 saturated heterocycles. The molecule has 3 nitrogen and oxygen atoms in total. The average molecular weight is 519 g/mol. The quantitative estimate of drug-likeness (QED) is 0.239. The van der Waals surface area contributed by atoms with Crippen molar-refractivity contribution < 1.29 is 9.53 Å². The van der Waals surface area contributed by atoms with Crippen molar-refractivity contribution in [3.8, 4) is 0 Å². The zero-order valence-electron chi connectivity index (χ0n) is 19.5. The van der Waals surface area contributed by atoms with Gasteiger partial charge in [0.25, 0.3) is 0 Å². The maximum Gasteiger partial charge on any atom is 0.341 e. The summed E-state index contributed by atoms with van der Waals surface area (Å²) in [7, 11) is 0. The molecule has 34 heavy (non-hydrogen) atoms. The number of hydrogen-bond acceptors (Lipinski definition) is 3. The first kappa shape index (κ1) is 26.6. The first-order valence-electron chi connectivity index (χ1n) is 11.5. The van der Waals surface area contributed by atoms with Gasteiger partial charge in [0.15, 0.2) is 0 Å². The molecule has 0 aliphatic heterocycles. The Hall–Kier alpha value is -2.04. The summed E-state index contributed by atoms with van der Waals surface area (Å²) in [5, 5.41) is 0.757. The van der Waals surface area contributed by atoms with Crippen molar-refractivity contribution in [2.24, 2.45) is 5.92 Å². The second-order valence-electron chi connectivity index (χ2n) is 8.83. The van der Waals surface area contributed by atoms with Gasteiger partial charge >= 0.3 is 5.97 Å². The van der Waals surface area contributed by atoms with Crippen LogP contribution >= 0.6 is 34.8 Å². The minimum absolute atomic E-state index is 0.151. The predicted octanol–water partition coefficient (Wildman–Crippen LogP) is 8.31. The molecular weight excluding hydrogens is 489 g/mol. The van der Waals surface area contributed by atoms with Gasteiger partial charge in [0, 0.05) is 24.2 Å². The lowest BCUT2D eigenvalue weighted by Crippen LogP contribution is -2.36. The molecule has 0 radical (unpaired) electrons. The van der Waals surface area contributed by atoms with Crippen molar-refractivity contribution in [1.82, 2.24) is 4.90 Å². The normalized spacial score (nSPS) is 12.2. The van der Waals surface area contributed by atoms with E-state index in [-0.39, 0.29) is 28.3 Å². The summed E-state index contributed by atoms with van der Waals surface area (Å²) < 4.78 is 5.61. The van der Waals surface area contributed by atoms with E-state index in [1.54, 1.807) is 0 Å². The first-order chi connectivity index (χ1) is 16.3. The topological polar surface area (TPSA) is 29.5 Å². The van der Waals surface area contributed by atoms with Gasteiger partial charge in [0.2, 0.25) is 0 Å². The van der Waals surface area contributed by atoms with Gasteiger partial charge in [0.1, 0.15) is 0 Å². The Morgan fingerprint density at radius 1 is 0.853 bits per heavy atom. The molecule has 0 aliphatic rings. The van der Waals surface area contributed by atoms with Crippen LogP contribution in [0.1, 0.15) is 48.2 Å². The van der Waals surface area contributed by atoms with Crippen molar-refractivity contribution in [2.45, 2.75) is 45.8 Å². The molecule has 3 rings (SSSR count). The molecule has 0 unspecified atom stereocenters. The van der Waals surface area contributed by atoms with E-state index in [1.807, 2.05) is 12.1 Å². The first-order valence-corrected chi connectivity index (χ1v) is 12.6. The lowest BCUT2D eigenvalue weighted by atomic mass is 9.98. The Bertz CT molecular complexity index is 993. The SMILES string of the molecule is CC(C)C[C@H](CCOC(=O)c1c(Cl)cc(Cl)cc1Cl)N(Cc1ccccc1)Cc1ccccc1. The van der Waals surface area contributed by atoms with Crippen molar-refractivity contribution in [1.29, 1.82) is 0 Å². The Labute approximate surface area is 217 Å². The summed E-state index contributed by atoms with van der Waals surface area (Å²) in [4.78, 5) is 15.2. The third kappa shape index (κ3) is 8.02. The second kappa shape index (κ2) is 13.2. The van der Waals surface area contributed by atoms with E-state index >= 15 is 0 Å². The lowest BCUT2D eigenvalue weighted by Gasteiger charge is -2.33. The zero-order valence-corrected chi connectivity index (χ0v) is 21.8. The monoisotopic (exact) mass is 517 g/mol. The Balaban J connectivity index is 1.74. The van der Waals surface area contributed by atoms with Gasteiger partial charge in [-0.2, -0.15) is 0 Å². The molecule has 180 valence electrons. The molecule has 0 fully saturated rings. The molecule has 0 aromatic heterocycles. The van der Waals surface area contributed by atoms with Gasteiger partial charge in [-0.1, -0.05) is 109 Å². The molecule has 0 saturated carbocycles.